The highest BCUT2D eigenvalue weighted by molar-refractivity contribution is 7.99. The zero-order valence-corrected chi connectivity index (χ0v) is 16.4. The molecule has 1 aromatic carbocycles. The highest BCUT2D eigenvalue weighted by Crippen LogP contribution is 2.23. The molecule has 9 heteroatoms. The summed E-state index contributed by atoms with van der Waals surface area (Å²) < 4.78 is 9.29. The lowest BCUT2D eigenvalue weighted by Crippen LogP contribution is -2.37. The predicted molar refractivity (Wildman–Crippen MR) is 104 cm³/mol. The van der Waals surface area contributed by atoms with E-state index in [4.69, 9.17) is 4.74 Å². The van der Waals surface area contributed by atoms with E-state index in [0.29, 0.717) is 34.2 Å². The molecule has 0 aliphatic heterocycles. The molecule has 0 saturated heterocycles. The number of nitrogens with zero attached hydrogens (tertiary/aromatic N) is 4. The van der Waals surface area contributed by atoms with Gasteiger partial charge in [0, 0.05) is 26.2 Å². The molecule has 8 nitrogen and oxygen atoms in total. The van der Waals surface area contributed by atoms with Crippen molar-refractivity contribution in [2.75, 3.05) is 12.9 Å². The number of carbonyl (C=O) groups excluding carboxylic acids is 1. The Morgan fingerprint density at radius 2 is 1.96 bits per heavy atom. The van der Waals surface area contributed by atoms with E-state index >= 15 is 0 Å². The van der Waals surface area contributed by atoms with E-state index in [1.54, 1.807) is 43.0 Å². The SMILES string of the molecule is CCn1c(SCC(=O)c2cccc(OC)c2)nc2c1c(=O)n(C)c(=O)n2C. The van der Waals surface area contributed by atoms with Crippen molar-refractivity contribution in [1.29, 1.82) is 0 Å². The summed E-state index contributed by atoms with van der Waals surface area (Å²) in [5.41, 5.74) is 0.398. The molecule has 142 valence electrons. The molecule has 2 aromatic heterocycles. The third kappa shape index (κ3) is 3.30. The van der Waals surface area contributed by atoms with Crippen LogP contribution >= 0.6 is 11.8 Å². The van der Waals surface area contributed by atoms with Crippen LogP contribution in [-0.2, 0) is 20.6 Å². The van der Waals surface area contributed by atoms with E-state index in [0.717, 1.165) is 4.57 Å². The number of hydrogen-bond donors (Lipinski definition) is 0. The molecule has 0 atom stereocenters. The minimum absolute atomic E-state index is 0.0737. The molecule has 3 aromatic rings. The maximum absolute atomic E-state index is 12.5. The average molecular weight is 388 g/mol. The first-order valence-electron chi connectivity index (χ1n) is 8.35. The Morgan fingerprint density at radius 1 is 1.22 bits per heavy atom. The van der Waals surface area contributed by atoms with Gasteiger partial charge in [0.15, 0.2) is 22.1 Å². The first-order valence-corrected chi connectivity index (χ1v) is 9.33. The summed E-state index contributed by atoms with van der Waals surface area (Å²) in [6.45, 7) is 2.39. The quantitative estimate of drug-likeness (QED) is 0.469. The summed E-state index contributed by atoms with van der Waals surface area (Å²) in [5.74, 6) is 0.700. The van der Waals surface area contributed by atoms with E-state index in [-0.39, 0.29) is 11.5 Å². The maximum Gasteiger partial charge on any atom is 0.332 e. The average Bonchev–Trinajstić information content (AvgIpc) is 3.07. The lowest BCUT2D eigenvalue weighted by molar-refractivity contribution is 0.102. The van der Waals surface area contributed by atoms with Gasteiger partial charge in [0.05, 0.1) is 12.9 Å². The number of methoxy groups -OCH3 is 1. The number of imidazole rings is 1. The number of ether oxygens (including phenoxy) is 1. The molecule has 2 heterocycles. The molecule has 0 amide bonds. The van der Waals surface area contributed by atoms with Crippen molar-refractivity contribution in [2.45, 2.75) is 18.6 Å². The van der Waals surface area contributed by atoms with Gasteiger partial charge >= 0.3 is 5.69 Å². The zero-order chi connectivity index (χ0) is 19.7. The fourth-order valence-electron chi connectivity index (χ4n) is 2.84. The second-order valence-electron chi connectivity index (χ2n) is 5.96. The molecule has 0 fully saturated rings. The molecule has 0 spiro atoms. The number of Topliss-reactive ketones (excluding diaryl/α,β-unsaturated/α-hetero) is 1. The van der Waals surface area contributed by atoms with Crippen LogP contribution in [0.3, 0.4) is 0 Å². The van der Waals surface area contributed by atoms with E-state index in [1.165, 1.54) is 23.4 Å². The minimum Gasteiger partial charge on any atom is -0.497 e. The van der Waals surface area contributed by atoms with E-state index < -0.39 is 11.2 Å². The van der Waals surface area contributed by atoms with Gasteiger partial charge in [-0.3, -0.25) is 18.7 Å². The number of fused-ring (bicyclic) bond motifs is 1. The van der Waals surface area contributed by atoms with E-state index in [9.17, 15) is 14.4 Å². The number of carbonyl (C=O) groups is 1. The van der Waals surface area contributed by atoms with Gasteiger partial charge in [-0.25, -0.2) is 9.78 Å². The van der Waals surface area contributed by atoms with Crippen molar-refractivity contribution >= 4 is 28.7 Å². The van der Waals surface area contributed by atoms with Gasteiger partial charge in [-0.2, -0.15) is 0 Å². The third-order valence-electron chi connectivity index (χ3n) is 4.35. The molecule has 0 saturated carbocycles. The number of ketones is 1. The van der Waals surface area contributed by atoms with Crippen LogP contribution in [0, 0.1) is 0 Å². The van der Waals surface area contributed by atoms with Crippen molar-refractivity contribution in [2.24, 2.45) is 14.1 Å². The predicted octanol–water partition coefficient (Wildman–Crippen LogP) is 1.44. The fraction of sp³-hybridized carbons (Fsp3) is 0.333. The Balaban J connectivity index is 1.97. The monoisotopic (exact) mass is 388 g/mol. The second kappa shape index (κ2) is 7.43. The highest BCUT2D eigenvalue weighted by Gasteiger charge is 2.19. The van der Waals surface area contributed by atoms with E-state index in [2.05, 4.69) is 4.98 Å². The van der Waals surface area contributed by atoms with Crippen LogP contribution in [0.5, 0.6) is 5.75 Å². The van der Waals surface area contributed by atoms with Gasteiger partial charge in [0.2, 0.25) is 0 Å². The number of hydrogen-bond acceptors (Lipinski definition) is 6. The van der Waals surface area contributed by atoms with Crippen LogP contribution in [0.1, 0.15) is 17.3 Å². The van der Waals surface area contributed by atoms with Gasteiger partial charge in [-0.05, 0) is 19.1 Å². The summed E-state index contributed by atoms with van der Waals surface area (Å²) in [5, 5.41) is 0.530. The highest BCUT2D eigenvalue weighted by atomic mass is 32.2. The minimum atomic E-state index is -0.433. The lowest BCUT2D eigenvalue weighted by Gasteiger charge is -2.06. The van der Waals surface area contributed by atoms with Gasteiger partial charge < -0.3 is 9.30 Å². The molecule has 0 aliphatic carbocycles. The molecule has 0 bridgehead atoms. The van der Waals surface area contributed by atoms with Crippen LogP contribution in [0.2, 0.25) is 0 Å². The zero-order valence-electron chi connectivity index (χ0n) is 15.6. The lowest BCUT2D eigenvalue weighted by atomic mass is 10.1. The summed E-state index contributed by atoms with van der Waals surface area (Å²) in [7, 11) is 4.57. The normalized spacial score (nSPS) is 11.1. The van der Waals surface area contributed by atoms with Crippen molar-refractivity contribution in [3.63, 3.8) is 0 Å². The molecular formula is C18H20N4O4S. The van der Waals surface area contributed by atoms with Crippen LogP contribution in [0.25, 0.3) is 11.2 Å². The smallest absolute Gasteiger partial charge is 0.332 e. The Hall–Kier alpha value is -2.81. The number of aromatic nitrogens is 4. The number of aryl methyl sites for hydroxylation is 2. The van der Waals surface area contributed by atoms with Gasteiger partial charge in [-0.15, -0.1) is 0 Å². The van der Waals surface area contributed by atoms with Gasteiger partial charge in [0.1, 0.15) is 5.75 Å². The topological polar surface area (TPSA) is 88.1 Å². The molecule has 0 N–H and O–H groups in total. The molecule has 27 heavy (non-hydrogen) atoms. The Morgan fingerprint density at radius 3 is 2.63 bits per heavy atom. The van der Waals surface area contributed by atoms with Crippen molar-refractivity contribution < 1.29 is 9.53 Å². The molecule has 0 unspecified atom stereocenters. The standard InChI is InChI=1S/C18H20N4O4S/c1-5-22-14-15(20(2)18(25)21(3)16(14)24)19-17(22)27-10-13(23)11-7-6-8-12(9-11)26-4/h6-9H,5,10H2,1-4H3. The van der Waals surface area contributed by atoms with E-state index in [1.807, 2.05) is 6.92 Å². The van der Waals surface area contributed by atoms with Crippen molar-refractivity contribution in [3.05, 3.63) is 50.7 Å². The first-order chi connectivity index (χ1) is 12.9. The van der Waals surface area contributed by atoms with Gasteiger partial charge in [-0.1, -0.05) is 23.9 Å². The second-order valence-corrected chi connectivity index (χ2v) is 6.90. The number of benzene rings is 1. The Bertz CT molecular complexity index is 1140. The van der Waals surface area contributed by atoms with Crippen LogP contribution in [0.15, 0.2) is 39.0 Å². The first kappa shape index (κ1) is 19.0. The summed E-state index contributed by atoms with van der Waals surface area (Å²) in [4.78, 5) is 41.6. The maximum atomic E-state index is 12.5. The van der Waals surface area contributed by atoms with Crippen LogP contribution < -0.4 is 16.0 Å². The van der Waals surface area contributed by atoms with Gasteiger partial charge in [0.25, 0.3) is 5.56 Å². The molecule has 0 radical (unpaired) electrons. The van der Waals surface area contributed by atoms with Crippen molar-refractivity contribution in [3.8, 4) is 5.75 Å². The molecular weight excluding hydrogens is 368 g/mol. The number of rotatable bonds is 6. The molecule has 0 aliphatic rings. The summed E-state index contributed by atoms with van der Waals surface area (Å²) in [6, 6.07) is 6.95. The van der Waals surface area contributed by atoms with Crippen LogP contribution in [-0.4, -0.2) is 37.3 Å². The Labute approximate surface area is 159 Å². The van der Waals surface area contributed by atoms with Crippen LogP contribution in [0.4, 0.5) is 0 Å². The van der Waals surface area contributed by atoms with Crippen molar-refractivity contribution in [1.82, 2.24) is 18.7 Å². The summed E-state index contributed by atoms with van der Waals surface area (Å²) in [6.07, 6.45) is 0. The largest absolute Gasteiger partial charge is 0.497 e. The number of thioether (sulfide) groups is 1. The summed E-state index contributed by atoms with van der Waals surface area (Å²) >= 11 is 1.24. The Kier molecular flexibility index (Phi) is 5.22. The molecule has 3 rings (SSSR count). The third-order valence-corrected chi connectivity index (χ3v) is 5.33. The fourth-order valence-corrected chi connectivity index (χ4v) is 3.79.